The summed E-state index contributed by atoms with van der Waals surface area (Å²) in [5.41, 5.74) is 3.58. The van der Waals surface area contributed by atoms with Crippen LogP contribution in [0, 0.1) is 15.9 Å². The number of halogens is 1. The number of morpholine rings is 1. The molecule has 0 atom stereocenters. The summed E-state index contributed by atoms with van der Waals surface area (Å²) < 4.78 is 49.7. The monoisotopic (exact) mass is 482 g/mol. The van der Waals surface area contributed by atoms with Crippen molar-refractivity contribution in [3.63, 3.8) is 0 Å². The zero-order chi connectivity index (χ0) is 24.0. The molecule has 12 nitrogen and oxygen atoms in total. The van der Waals surface area contributed by atoms with E-state index in [0.717, 1.165) is 34.6 Å². The van der Waals surface area contributed by atoms with Crippen LogP contribution in [0.3, 0.4) is 0 Å². The third kappa shape index (κ3) is 6.00. The van der Waals surface area contributed by atoms with Crippen molar-refractivity contribution < 1.29 is 36.8 Å². The number of nitro benzene ring substituents is 1. The molecule has 0 spiro atoms. The molecule has 0 bridgehead atoms. The summed E-state index contributed by atoms with van der Waals surface area (Å²) in [6.07, 6.45) is 0. The van der Waals surface area contributed by atoms with Gasteiger partial charge in [-0.05, 0) is 36.4 Å². The van der Waals surface area contributed by atoms with E-state index < -0.39 is 44.9 Å². The Morgan fingerprint density at radius 3 is 2.42 bits per heavy atom. The van der Waals surface area contributed by atoms with E-state index in [9.17, 15) is 32.5 Å². The van der Waals surface area contributed by atoms with Crippen molar-refractivity contribution in [3.8, 4) is 5.75 Å². The highest BCUT2D eigenvalue weighted by molar-refractivity contribution is 7.89. The predicted octanol–water partition coefficient (Wildman–Crippen LogP) is 0.595. The van der Waals surface area contributed by atoms with Gasteiger partial charge in [-0.15, -0.1) is 0 Å². The minimum Gasteiger partial charge on any atom is -0.477 e. The van der Waals surface area contributed by atoms with E-state index >= 15 is 0 Å². The van der Waals surface area contributed by atoms with Crippen LogP contribution < -0.4 is 15.6 Å². The molecule has 2 aromatic rings. The molecule has 33 heavy (non-hydrogen) atoms. The first kappa shape index (κ1) is 24.0. The number of rotatable bonds is 7. The van der Waals surface area contributed by atoms with Gasteiger partial charge in [-0.2, -0.15) is 4.31 Å². The van der Waals surface area contributed by atoms with E-state index in [0.29, 0.717) is 0 Å². The molecule has 0 aromatic heterocycles. The number of benzene rings is 2. The molecule has 2 amide bonds. The van der Waals surface area contributed by atoms with Gasteiger partial charge in [-0.3, -0.25) is 30.6 Å². The summed E-state index contributed by atoms with van der Waals surface area (Å²) in [6, 6.07) is 7.64. The Bertz CT molecular complexity index is 1150. The minimum absolute atomic E-state index is 0.0883. The van der Waals surface area contributed by atoms with E-state index in [-0.39, 0.29) is 42.5 Å². The van der Waals surface area contributed by atoms with Crippen molar-refractivity contribution >= 4 is 27.5 Å². The number of hydrogen-bond acceptors (Lipinski definition) is 8. The largest absolute Gasteiger partial charge is 0.477 e. The lowest BCUT2D eigenvalue weighted by Crippen LogP contribution is -2.43. The summed E-state index contributed by atoms with van der Waals surface area (Å²) in [5, 5.41) is 11.4. The number of sulfonamides is 1. The van der Waals surface area contributed by atoms with Crippen LogP contribution in [-0.4, -0.2) is 62.4 Å². The first-order valence-electron chi connectivity index (χ1n) is 9.52. The average Bonchev–Trinajstić information content (AvgIpc) is 2.82. The molecule has 2 N–H and O–H groups in total. The van der Waals surface area contributed by atoms with Crippen LogP contribution in [0.15, 0.2) is 47.4 Å². The van der Waals surface area contributed by atoms with Crippen LogP contribution in [-0.2, 0) is 19.6 Å². The normalized spacial score (nSPS) is 14.3. The average molecular weight is 482 g/mol. The highest BCUT2D eigenvalue weighted by Gasteiger charge is 2.29. The molecule has 1 fully saturated rings. The fraction of sp³-hybridized carbons (Fsp3) is 0.263. The number of nitrogens with one attached hydrogen (secondary N) is 2. The van der Waals surface area contributed by atoms with Gasteiger partial charge in [0, 0.05) is 24.7 Å². The van der Waals surface area contributed by atoms with Gasteiger partial charge in [0.2, 0.25) is 10.0 Å². The lowest BCUT2D eigenvalue weighted by atomic mass is 10.2. The van der Waals surface area contributed by atoms with E-state index in [1.54, 1.807) is 0 Å². The van der Waals surface area contributed by atoms with Gasteiger partial charge in [0.05, 0.1) is 23.0 Å². The number of carbonyl (C=O) groups excluding carboxylic acids is 2. The van der Waals surface area contributed by atoms with Gasteiger partial charge >= 0.3 is 5.69 Å². The number of carbonyl (C=O) groups is 2. The van der Waals surface area contributed by atoms with Crippen LogP contribution in [0.5, 0.6) is 5.75 Å². The molecule has 1 aliphatic rings. The number of nitro groups is 1. The Kier molecular flexibility index (Phi) is 7.52. The summed E-state index contributed by atoms with van der Waals surface area (Å²) >= 11 is 0. The van der Waals surface area contributed by atoms with Crippen LogP contribution in [0.1, 0.15) is 10.4 Å². The van der Waals surface area contributed by atoms with E-state index in [2.05, 4.69) is 10.9 Å². The number of amides is 2. The maximum Gasteiger partial charge on any atom is 0.312 e. The number of hydrogen-bond donors (Lipinski definition) is 2. The van der Waals surface area contributed by atoms with Gasteiger partial charge in [-0.1, -0.05) is 0 Å². The minimum atomic E-state index is -3.97. The van der Waals surface area contributed by atoms with Crippen molar-refractivity contribution in [2.24, 2.45) is 0 Å². The molecule has 0 saturated carbocycles. The second-order valence-corrected chi connectivity index (χ2v) is 8.64. The van der Waals surface area contributed by atoms with Crippen LogP contribution >= 0.6 is 0 Å². The fourth-order valence-electron chi connectivity index (χ4n) is 2.84. The summed E-state index contributed by atoms with van der Waals surface area (Å²) in [5.74, 6) is -2.42. The van der Waals surface area contributed by atoms with E-state index in [4.69, 9.17) is 9.47 Å². The number of hydrazine groups is 1. The Morgan fingerprint density at radius 1 is 1.12 bits per heavy atom. The number of ether oxygens (including phenoxy) is 2. The van der Waals surface area contributed by atoms with E-state index in [1.807, 2.05) is 0 Å². The molecule has 14 heteroatoms. The Labute approximate surface area is 187 Å². The van der Waals surface area contributed by atoms with Crippen molar-refractivity contribution in [3.05, 3.63) is 64.0 Å². The molecule has 3 rings (SSSR count). The zero-order valence-corrected chi connectivity index (χ0v) is 17.8. The number of nitrogens with zero attached hydrogens (tertiary/aromatic N) is 2. The summed E-state index contributed by atoms with van der Waals surface area (Å²) in [6.45, 7) is -0.0266. The first-order chi connectivity index (χ1) is 15.7. The van der Waals surface area contributed by atoms with Gasteiger partial charge < -0.3 is 9.47 Å². The van der Waals surface area contributed by atoms with Crippen molar-refractivity contribution in [2.75, 3.05) is 32.9 Å². The maximum atomic E-state index is 12.9. The third-order valence-corrected chi connectivity index (χ3v) is 6.41. The smallest absolute Gasteiger partial charge is 0.312 e. The summed E-state index contributed by atoms with van der Waals surface area (Å²) in [7, 11) is -3.97. The van der Waals surface area contributed by atoms with Gasteiger partial charge in [0.25, 0.3) is 11.8 Å². The molecule has 2 aromatic carbocycles. The van der Waals surface area contributed by atoms with Gasteiger partial charge in [0.15, 0.2) is 12.4 Å². The summed E-state index contributed by atoms with van der Waals surface area (Å²) in [4.78, 5) is 34.1. The van der Waals surface area contributed by atoms with Crippen molar-refractivity contribution in [1.82, 2.24) is 15.2 Å². The lowest BCUT2D eigenvalue weighted by molar-refractivity contribution is -0.386. The topological polar surface area (TPSA) is 157 Å². The second kappa shape index (κ2) is 10.3. The molecule has 1 heterocycles. The molecule has 0 aliphatic carbocycles. The first-order valence-corrected chi connectivity index (χ1v) is 11.0. The predicted molar refractivity (Wildman–Crippen MR) is 110 cm³/mol. The highest BCUT2D eigenvalue weighted by atomic mass is 32.2. The SMILES string of the molecule is O=C(COc1ccc(S(=O)(=O)N2CCOCC2)cc1[N+](=O)[O-])NNC(=O)c1ccc(F)cc1. The lowest BCUT2D eigenvalue weighted by Gasteiger charge is -2.26. The molecule has 0 unspecified atom stereocenters. The molecule has 1 aliphatic heterocycles. The van der Waals surface area contributed by atoms with Crippen molar-refractivity contribution in [1.29, 1.82) is 0 Å². The van der Waals surface area contributed by atoms with Crippen LogP contribution in [0.2, 0.25) is 0 Å². The Morgan fingerprint density at radius 2 is 1.79 bits per heavy atom. The quantitative estimate of drug-likeness (QED) is 0.429. The van der Waals surface area contributed by atoms with Gasteiger partial charge in [0.1, 0.15) is 5.82 Å². The molecule has 1 saturated heterocycles. The standard InChI is InChI=1S/C19H19FN4O8S/c20-14-3-1-13(2-4-14)19(26)22-21-18(25)12-32-17-6-5-15(11-16(17)24(27)28)33(29,30)23-7-9-31-10-8-23/h1-6,11H,7-10,12H2,(H,21,25)(H,22,26). The van der Waals surface area contributed by atoms with Crippen molar-refractivity contribution in [2.45, 2.75) is 4.90 Å². The Balaban J connectivity index is 1.63. The van der Waals surface area contributed by atoms with Crippen LogP contribution in [0.25, 0.3) is 0 Å². The molecule has 0 radical (unpaired) electrons. The molecule has 176 valence electrons. The third-order valence-electron chi connectivity index (χ3n) is 4.52. The second-order valence-electron chi connectivity index (χ2n) is 6.70. The van der Waals surface area contributed by atoms with Crippen LogP contribution in [0.4, 0.5) is 10.1 Å². The van der Waals surface area contributed by atoms with Gasteiger partial charge in [-0.25, -0.2) is 12.8 Å². The Hall–Kier alpha value is -3.62. The van der Waals surface area contributed by atoms with E-state index in [1.165, 1.54) is 12.1 Å². The fourth-order valence-corrected chi connectivity index (χ4v) is 4.27. The molecular formula is C19H19FN4O8S. The maximum absolute atomic E-state index is 12.9. The zero-order valence-electron chi connectivity index (χ0n) is 17.0. The molecular weight excluding hydrogens is 463 g/mol. The highest BCUT2D eigenvalue weighted by Crippen LogP contribution is 2.31.